The number of carbonyl (C=O) groups excluding carboxylic acids is 2. The van der Waals surface area contributed by atoms with E-state index in [0.717, 1.165) is 6.42 Å². The first-order valence-corrected chi connectivity index (χ1v) is 8.17. The van der Waals surface area contributed by atoms with E-state index in [0.29, 0.717) is 29.1 Å². The first kappa shape index (κ1) is 17.6. The highest BCUT2D eigenvalue weighted by Crippen LogP contribution is 2.31. The van der Waals surface area contributed by atoms with Crippen LogP contribution in [0.15, 0.2) is 4.60 Å². The van der Waals surface area contributed by atoms with Crippen molar-refractivity contribution in [1.29, 1.82) is 0 Å². The molecule has 1 fully saturated rings. The molecular weight excluding hydrogens is 366 g/mol. The highest BCUT2D eigenvalue weighted by Gasteiger charge is 2.33. The standard InChI is InChI=1S/C14H22BrN5O3/c1-14(2,3)23-13(22)19-6-5-8(7-19)20-12(17-4)9(11(16)21)10(15)18-20/h8,17H,5-7H2,1-4H3,(H2,16,21)/t8-/m0/s1. The Labute approximate surface area is 143 Å². The lowest BCUT2D eigenvalue weighted by Gasteiger charge is -2.24. The average Bonchev–Trinajstić information content (AvgIpc) is 3.00. The third kappa shape index (κ3) is 3.77. The Morgan fingerprint density at radius 3 is 2.61 bits per heavy atom. The Morgan fingerprint density at radius 2 is 2.09 bits per heavy atom. The summed E-state index contributed by atoms with van der Waals surface area (Å²) >= 11 is 3.26. The molecular formula is C14H22BrN5O3. The molecule has 0 bridgehead atoms. The first-order chi connectivity index (χ1) is 10.6. The first-order valence-electron chi connectivity index (χ1n) is 7.37. The molecule has 8 nitrogen and oxygen atoms in total. The second-order valence-corrected chi connectivity index (χ2v) is 7.19. The van der Waals surface area contributed by atoms with Crippen molar-refractivity contribution in [3.63, 3.8) is 0 Å². The van der Waals surface area contributed by atoms with Gasteiger partial charge in [0, 0.05) is 20.1 Å². The van der Waals surface area contributed by atoms with Gasteiger partial charge in [-0.2, -0.15) is 5.10 Å². The van der Waals surface area contributed by atoms with Crippen LogP contribution in [0.2, 0.25) is 0 Å². The van der Waals surface area contributed by atoms with Crippen molar-refractivity contribution < 1.29 is 14.3 Å². The molecule has 0 spiro atoms. The van der Waals surface area contributed by atoms with Gasteiger partial charge in [0.25, 0.3) is 5.91 Å². The number of amides is 2. The van der Waals surface area contributed by atoms with Crippen LogP contribution < -0.4 is 11.1 Å². The number of carbonyl (C=O) groups is 2. The summed E-state index contributed by atoms with van der Waals surface area (Å²) in [5.74, 6) is -0.0186. The number of likely N-dealkylation sites (tertiary alicyclic amines) is 1. The van der Waals surface area contributed by atoms with Gasteiger partial charge in [-0.25, -0.2) is 9.48 Å². The summed E-state index contributed by atoms with van der Waals surface area (Å²) in [7, 11) is 1.70. The third-order valence-corrected chi connectivity index (χ3v) is 4.07. The maximum Gasteiger partial charge on any atom is 0.410 e. The third-order valence-electron chi connectivity index (χ3n) is 3.51. The second-order valence-electron chi connectivity index (χ2n) is 6.44. The molecule has 0 unspecified atom stereocenters. The van der Waals surface area contributed by atoms with Crippen LogP contribution in [0.4, 0.5) is 10.6 Å². The SMILES string of the molecule is CNc1c(C(N)=O)c(Br)nn1[C@H]1CCN(C(=O)OC(C)(C)C)C1. The molecule has 23 heavy (non-hydrogen) atoms. The predicted octanol–water partition coefficient (Wildman–Crippen LogP) is 1.97. The van der Waals surface area contributed by atoms with Gasteiger partial charge >= 0.3 is 6.09 Å². The summed E-state index contributed by atoms with van der Waals surface area (Å²) in [5.41, 5.74) is 5.18. The van der Waals surface area contributed by atoms with Crippen LogP contribution in [0.5, 0.6) is 0 Å². The topological polar surface area (TPSA) is 102 Å². The Kier molecular flexibility index (Phi) is 4.88. The maximum absolute atomic E-state index is 12.1. The number of aromatic nitrogens is 2. The normalized spacial score (nSPS) is 18.1. The lowest BCUT2D eigenvalue weighted by Crippen LogP contribution is -2.35. The van der Waals surface area contributed by atoms with E-state index in [2.05, 4.69) is 26.3 Å². The van der Waals surface area contributed by atoms with Gasteiger partial charge in [0.2, 0.25) is 0 Å². The largest absolute Gasteiger partial charge is 0.444 e. The Bertz CT molecular complexity index is 623. The number of nitrogens with one attached hydrogen (secondary N) is 1. The van der Waals surface area contributed by atoms with E-state index < -0.39 is 11.5 Å². The van der Waals surface area contributed by atoms with E-state index in [1.807, 2.05) is 20.8 Å². The molecule has 0 aliphatic carbocycles. The Hall–Kier alpha value is -1.77. The summed E-state index contributed by atoms with van der Waals surface area (Å²) in [6.07, 6.45) is 0.382. The summed E-state index contributed by atoms with van der Waals surface area (Å²) < 4.78 is 7.48. The lowest BCUT2D eigenvalue weighted by molar-refractivity contribution is 0.0288. The van der Waals surface area contributed by atoms with Crippen LogP contribution in [-0.4, -0.2) is 52.4 Å². The highest BCUT2D eigenvalue weighted by atomic mass is 79.9. The molecule has 2 amide bonds. The van der Waals surface area contributed by atoms with E-state index in [1.54, 1.807) is 16.6 Å². The van der Waals surface area contributed by atoms with Crippen molar-refractivity contribution in [2.24, 2.45) is 5.73 Å². The number of rotatable bonds is 3. The van der Waals surface area contributed by atoms with Gasteiger partial charge in [-0.3, -0.25) is 4.79 Å². The fraction of sp³-hybridized carbons (Fsp3) is 0.643. The van der Waals surface area contributed by atoms with Crippen LogP contribution in [0.3, 0.4) is 0 Å². The minimum atomic E-state index is -0.561. The van der Waals surface area contributed by atoms with Gasteiger partial charge in [0.05, 0.1) is 6.04 Å². The molecule has 0 aromatic carbocycles. The molecule has 9 heteroatoms. The zero-order valence-electron chi connectivity index (χ0n) is 13.7. The van der Waals surface area contributed by atoms with Crippen LogP contribution in [0, 0.1) is 0 Å². The van der Waals surface area contributed by atoms with E-state index in [9.17, 15) is 9.59 Å². The van der Waals surface area contributed by atoms with Crippen LogP contribution in [0.25, 0.3) is 0 Å². The second kappa shape index (κ2) is 6.38. The van der Waals surface area contributed by atoms with E-state index in [1.165, 1.54) is 0 Å². The molecule has 0 radical (unpaired) electrons. The molecule has 1 aliphatic heterocycles. The van der Waals surface area contributed by atoms with Crippen LogP contribution in [-0.2, 0) is 4.74 Å². The van der Waals surface area contributed by atoms with Crippen molar-refractivity contribution >= 4 is 33.7 Å². The summed E-state index contributed by atoms with van der Waals surface area (Å²) in [6, 6.07) is -0.0469. The van der Waals surface area contributed by atoms with E-state index in [-0.39, 0.29) is 12.1 Å². The van der Waals surface area contributed by atoms with Crippen molar-refractivity contribution in [3.8, 4) is 0 Å². The summed E-state index contributed by atoms with van der Waals surface area (Å²) in [6.45, 7) is 6.55. The number of hydrogen-bond donors (Lipinski definition) is 2. The zero-order valence-corrected chi connectivity index (χ0v) is 15.3. The number of nitrogens with two attached hydrogens (primary N) is 1. The van der Waals surface area contributed by atoms with Gasteiger partial charge in [-0.1, -0.05) is 0 Å². The number of nitrogens with zero attached hydrogens (tertiary/aromatic N) is 3. The maximum atomic E-state index is 12.1. The molecule has 128 valence electrons. The highest BCUT2D eigenvalue weighted by molar-refractivity contribution is 9.10. The lowest BCUT2D eigenvalue weighted by atomic mass is 10.2. The van der Waals surface area contributed by atoms with Gasteiger partial charge in [0.1, 0.15) is 21.6 Å². The van der Waals surface area contributed by atoms with Crippen molar-refractivity contribution in [2.45, 2.75) is 38.8 Å². The van der Waals surface area contributed by atoms with E-state index >= 15 is 0 Å². The molecule has 1 aliphatic rings. The monoisotopic (exact) mass is 387 g/mol. The summed E-state index contributed by atoms with van der Waals surface area (Å²) in [4.78, 5) is 25.4. The Balaban J connectivity index is 2.18. The smallest absolute Gasteiger partial charge is 0.410 e. The van der Waals surface area contributed by atoms with Gasteiger partial charge in [-0.15, -0.1) is 0 Å². The van der Waals surface area contributed by atoms with Gasteiger partial charge in [-0.05, 0) is 43.1 Å². The zero-order chi connectivity index (χ0) is 17.4. The average molecular weight is 388 g/mol. The predicted molar refractivity (Wildman–Crippen MR) is 89.5 cm³/mol. The molecule has 1 saturated heterocycles. The number of hydrogen-bond acceptors (Lipinski definition) is 5. The van der Waals surface area contributed by atoms with Crippen molar-refractivity contribution in [3.05, 3.63) is 10.2 Å². The molecule has 3 N–H and O–H groups in total. The number of halogens is 1. The molecule has 0 saturated carbocycles. The fourth-order valence-corrected chi connectivity index (χ4v) is 3.12. The Morgan fingerprint density at radius 1 is 1.43 bits per heavy atom. The quantitative estimate of drug-likeness (QED) is 0.824. The molecule has 1 aromatic rings. The number of primary amides is 1. The van der Waals surface area contributed by atoms with Gasteiger partial charge in [0.15, 0.2) is 0 Å². The van der Waals surface area contributed by atoms with E-state index in [4.69, 9.17) is 10.5 Å². The molecule has 2 heterocycles. The van der Waals surface area contributed by atoms with Crippen molar-refractivity contribution in [2.75, 3.05) is 25.5 Å². The summed E-state index contributed by atoms with van der Waals surface area (Å²) in [5, 5.41) is 7.30. The number of ether oxygens (including phenoxy) is 1. The minimum Gasteiger partial charge on any atom is -0.444 e. The van der Waals surface area contributed by atoms with Gasteiger partial charge < -0.3 is 20.7 Å². The molecule has 2 rings (SSSR count). The van der Waals surface area contributed by atoms with Crippen LogP contribution in [0.1, 0.15) is 43.6 Å². The molecule has 1 aromatic heterocycles. The van der Waals surface area contributed by atoms with Crippen molar-refractivity contribution in [1.82, 2.24) is 14.7 Å². The van der Waals surface area contributed by atoms with Crippen LogP contribution >= 0.6 is 15.9 Å². The fourth-order valence-electron chi connectivity index (χ4n) is 2.56. The number of anilines is 1. The minimum absolute atomic E-state index is 0.0469. The molecule has 1 atom stereocenters.